The van der Waals surface area contributed by atoms with Gasteiger partial charge in [0.25, 0.3) is 0 Å². The summed E-state index contributed by atoms with van der Waals surface area (Å²) in [4.78, 5) is 36.9. The van der Waals surface area contributed by atoms with Crippen LogP contribution in [0.2, 0.25) is 0 Å². The summed E-state index contributed by atoms with van der Waals surface area (Å²) in [6.45, 7) is 4.31. The minimum atomic E-state index is -1.14. The first kappa shape index (κ1) is 55.0. The van der Waals surface area contributed by atoms with Crippen LogP contribution in [0, 0.1) is 0 Å². The molecule has 0 heterocycles. The molecule has 0 aliphatic heterocycles. The lowest BCUT2D eigenvalue weighted by Gasteiger charge is -2.34. The number of likely N-dealkylation sites (N-methyl/N-ethyl adjacent to an activating group) is 1. The maximum absolute atomic E-state index is 12.7. The molecule has 2 unspecified atom stereocenters. The van der Waals surface area contributed by atoms with E-state index in [0.717, 1.165) is 89.9 Å². The molecule has 0 bridgehead atoms. The van der Waals surface area contributed by atoms with Crippen molar-refractivity contribution in [2.75, 3.05) is 41.0 Å². The van der Waals surface area contributed by atoms with Gasteiger partial charge in [-0.05, 0) is 83.5 Å². The van der Waals surface area contributed by atoms with Crippen molar-refractivity contribution in [1.82, 2.24) is 0 Å². The summed E-state index contributed by atoms with van der Waals surface area (Å²) >= 11 is 0. The van der Waals surface area contributed by atoms with Gasteiger partial charge in [0.05, 0.1) is 40.3 Å². The van der Waals surface area contributed by atoms with Gasteiger partial charge in [-0.2, -0.15) is 0 Å². The highest BCUT2D eigenvalue weighted by atomic mass is 16.6. The molecule has 0 rings (SSSR count). The fourth-order valence-electron chi connectivity index (χ4n) is 5.76. The quantitative estimate of drug-likeness (QED) is 0.0264. The number of carbonyl (C=O) groups excluding carboxylic acids is 3. The average Bonchev–Trinajstić information content (AvgIpc) is 3.19. The van der Waals surface area contributed by atoms with Gasteiger partial charge in [-0.3, -0.25) is 9.59 Å². The maximum Gasteiger partial charge on any atom is 0.306 e. The lowest BCUT2D eigenvalue weighted by atomic mass is 10.1. The Morgan fingerprint density at radius 3 is 1.39 bits per heavy atom. The van der Waals surface area contributed by atoms with Crippen molar-refractivity contribution in [1.29, 1.82) is 0 Å². The standard InChI is InChI=1S/C51H81NO7/c1-6-8-10-12-14-16-18-20-22-24-25-26-28-29-31-33-35-37-39-41-49(53)58-46-47(45-57-44-43-48(51(55)56)52(3,4)5)59-50(54)42-40-38-36-34-32-30-27-23-21-19-17-15-13-11-9-7-2/h8-11,14-17,20-23,25-26,30,32,36,38,47-48H,6-7,12-13,18-19,24,27-29,31,33-35,37,39-46H2,1-5H3/b10-8+,11-9+,16-14+,17-15+,22-20+,23-21+,26-25+,32-30+,38-36+. The topological polar surface area (TPSA) is 102 Å². The Bertz CT molecular complexity index is 1330. The average molecular weight is 820 g/mol. The molecule has 0 aromatic carbocycles. The zero-order chi connectivity index (χ0) is 43.5. The third-order valence-corrected chi connectivity index (χ3v) is 9.17. The molecule has 0 saturated carbocycles. The molecule has 8 nitrogen and oxygen atoms in total. The molecule has 2 atom stereocenters. The van der Waals surface area contributed by atoms with Crippen LogP contribution in [-0.4, -0.2) is 75.5 Å². The zero-order valence-electron chi connectivity index (χ0n) is 37.6. The molecular weight excluding hydrogens is 739 g/mol. The zero-order valence-corrected chi connectivity index (χ0v) is 37.6. The Kier molecular flexibility index (Phi) is 38.0. The highest BCUT2D eigenvalue weighted by Crippen LogP contribution is 2.12. The van der Waals surface area contributed by atoms with Crippen LogP contribution in [0.5, 0.6) is 0 Å². The molecule has 0 radical (unpaired) electrons. The van der Waals surface area contributed by atoms with Crippen molar-refractivity contribution >= 4 is 17.9 Å². The van der Waals surface area contributed by atoms with E-state index in [1.165, 1.54) is 12.8 Å². The molecular formula is C51H81NO7. The first-order valence-electron chi connectivity index (χ1n) is 22.4. The number of rotatable bonds is 38. The molecule has 0 aliphatic rings. The van der Waals surface area contributed by atoms with E-state index in [-0.39, 0.29) is 43.1 Å². The Hall–Kier alpha value is -4.01. The maximum atomic E-state index is 12.7. The summed E-state index contributed by atoms with van der Waals surface area (Å²) in [5, 5.41) is 11.6. The van der Waals surface area contributed by atoms with E-state index >= 15 is 0 Å². The van der Waals surface area contributed by atoms with Crippen LogP contribution in [0.3, 0.4) is 0 Å². The van der Waals surface area contributed by atoms with Crippen LogP contribution in [-0.2, 0) is 28.6 Å². The van der Waals surface area contributed by atoms with Gasteiger partial charge >= 0.3 is 11.9 Å². The summed E-state index contributed by atoms with van der Waals surface area (Å²) in [5.74, 6) is -1.88. The van der Waals surface area contributed by atoms with Crippen molar-refractivity contribution in [2.45, 2.75) is 154 Å². The molecule has 0 fully saturated rings. The van der Waals surface area contributed by atoms with Crippen LogP contribution in [0.15, 0.2) is 109 Å². The monoisotopic (exact) mass is 820 g/mol. The van der Waals surface area contributed by atoms with Crippen molar-refractivity contribution in [3.63, 3.8) is 0 Å². The van der Waals surface area contributed by atoms with E-state index < -0.39 is 24.1 Å². The number of carboxylic acid groups (broad SMARTS) is 1. The molecule has 0 aliphatic carbocycles. The molecule has 8 heteroatoms. The lowest BCUT2D eigenvalue weighted by Crippen LogP contribution is -2.55. The number of quaternary nitrogens is 1. The normalized spacial score (nSPS) is 14.0. The van der Waals surface area contributed by atoms with Gasteiger partial charge in [-0.1, -0.05) is 149 Å². The van der Waals surface area contributed by atoms with Gasteiger partial charge in [0.15, 0.2) is 6.10 Å². The van der Waals surface area contributed by atoms with Crippen LogP contribution >= 0.6 is 0 Å². The first-order valence-corrected chi connectivity index (χ1v) is 22.4. The van der Waals surface area contributed by atoms with Crippen LogP contribution in [0.1, 0.15) is 142 Å². The predicted octanol–water partition coefficient (Wildman–Crippen LogP) is 11.1. The number of allylic oxidation sites excluding steroid dienone is 18. The van der Waals surface area contributed by atoms with Crippen LogP contribution in [0.25, 0.3) is 0 Å². The van der Waals surface area contributed by atoms with Crippen LogP contribution in [0.4, 0.5) is 0 Å². The van der Waals surface area contributed by atoms with E-state index in [1.807, 2.05) is 12.2 Å². The molecule has 0 amide bonds. The smallest absolute Gasteiger partial charge is 0.306 e. The highest BCUT2D eigenvalue weighted by molar-refractivity contribution is 5.70. The summed E-state index contributed by atoms with van der Waals surface area (Å²) < 4.78 is 17.1. The third-order valence-electron chi connectivity index (χ3n) is 9.17. The molecule has 0 aromatic heterocycles. The number of aliphatic carboxylic acids is 1. The minimum Gasteiger partial charge on any atom is -0.544 e. The van der Waals surface area contributed by atoms with E-state index in [0.29, 0.717) is 12.8 Å². The molecule has 0 aromatic rings. The number of nitrogens with zero attached hydrogens (tertiary/aromatic N) is 1. The second-order valence-electron chi connectivity index (χ2n) is 15.5. The van der Waals surface area contributed by atoms with Gasteiger partial charge in [0.1, 0.15) is 12.6 Å². The highest BCUT2D eigenvalue weighted by Gasteiger charge is 2.25. The molecule has 59 heavy (non-hydrogen) atoms. The largest absolute Gasteiger partial charge is 0.544 e. The molecule has 332 valence electrons. The predicted molar refractivity (Wildman–Crippen MR) is 244 cm³/mol. The fraction of sp³-hybridized carbons (Fsp3) is 0.588. The van der Waals surface area contributed by atoms with Gasteiger partial charge in [-0.25, -0.2) is 0 Å². The van der Waals surface area contributed by atoms with Crippen LogP contribution < -0.4 is 5.11 Å². The SMILES string of the molecule is CC/C=C/C/C=C/C/C=C/C/C=C/C/C=C/CCC(=O)OC(COCCC(C(=O)[O-])[N+](C)(C)C)COC(=O)CCCCCCCC/C=C/C/C=C/C/C=C/C/C=C/CC. The van der Waals surface area contributed by atoms with E-state index in [9.17, 15) is 19.5 Å². The van der Waals surface area contributed by atoms with Crippen molar-refractivity contribution in [2.24, 2.45) is 0 Å². The summed E-state index contributed by atoms with van der Waals surface area (Å²) in [7, 11) is 5.36. The number of hydrogen-bond acceptors (Lipinski definition) is 7. The van der Waals surface area contributed by atoms with Crippen molar-refractivity contribution in [3.05, 3.63) is 109 Å². The summed E-state index contributed by atoms with van der Waals surface area (Å²) in [6.07, 6.45) is 55.6. The van der Waals surface area contributed by atoms with Crippen molar-refractivity contribution in [3.8, 4) is 0 Å². The van der Waals surface area contributed by atoms with Gasteiger partial charge in [-0.15, -0.1) is 0 Å². The van der Waals surface area contributed by atoms with Crippen molar-refractivity contribution < 1.29 is 38.2 Å². The number of hydrogen-bond donors (Lipinski definition) is 0. The van der Waals surface area contributed by atoms with Gasteiger partial charge in [0.2, 0.25) is 0 Å². The Labute approximate surface area is 359 Å². The number of carbonyl (C=O) groups is 3. The third kappa shape index (κ3) is 39.2. The second kappa shape index (κ2) is 40.8. The molecule has 0 spiro atoms. The summed E-state index contributed by atoms with van der Waals surface area (Å²) in [5.41, 5.74) is 0. The van der Waals surface area contributed by atoms with Gasteiger partial charge < -0.3 is 28.6 Å². The van der Waals surface area contributed by atoms with E-state index in [4.69, 9.17) is 14.2 Å². The minimum absolute atomic E-state index is 0.00147. The Morgan fingerprint density at radius 2 is 0.932 bits per heavy atom. The van der Waals surface area contributed by atoms with E-state index in [2.05, 4.69) is 111 Å². The first-order chi connectivity index (χ1) is 28.6. The number of ether oxygens (including phenoxy) is 3. The Morgan fingerprint density at radius 1 is 0.508 bits per heavy atom. The fourth-order valence-corrected chi connectivity index (χ4v) is 5.76. The Balaban J connectivity index is 4.48. The van der Waals surface area contributed by atoms with E-state index in [1.54, 1.807) is 21.1 Å². The number of carboxylic acids is 1. The molecule has 0 N–H and O–H groups in total. The summed E-state index contributed by atoms with van der Waals surface area (Å²) in [6, 6.07) is -0.747. The number of esters is 2. The molecule has 0 saturated heterocycles. The second-order valence-corrected chi connectivity index (χ2v) is 15.5. The van der Waals surface area contributed by atoms with Gasteiger partial charge in [0, 0.05) is 19.3 Å². The lowest BCUT2D eigenvalue weighted by molar-refractivity contribution is -0.889. The number of unbranched alkanes of at least 4 members (excludes halogenated alkanes) is 6.